The second kappa shape index (κ2) is 69.3. The van der Waals surface area contributed by atoms with E-state index < -0.39 is 6.10 Å². The van der Waals surface area contributed by atoms with E-state index in [4.69, 9.17) is 14.2 Å². The van der Waals surface area contributed by atoms with Crippen LogP contribution in [0.2, 0.25) is 0 Å². The van der Waals surface area contributed by atoms with E-state index in [1.165, 1.54) is 231 Å². The van der Waals surface area contributed by atoms with Crippen molar-refractivity contribution < 1.29 is 28.6 Å². The number of hydrogen-bond donors (Lipinski definition) is 0. The highest BCUT2D eigenvalue weighted by atomic mass is 16.6. The van der Waals surface area contributed by atoms with Crippen molar-refractivity contribution in [2.75, 3.05) is 13.2 Å². The first kappa shape index (κ1) is 77.9. The summed E-state index contributed by atoms with van der Waals surface area (Å²) in [5, 5.41) is 0. The molecule has 0 saturated heterocycles. The first-order valence-electron chi connectivity index (χ1n) is 35.4. The lowest BCUT2D eigenvalue weighted by Crippen LogP contribution is -2.30. The van der Waals surface area contributed by atoms with Gasteiger partial charge in [-0.2, -0.15) is 0 Å². The number of carbonyl (C=O) groups is 3. The molecule has 81 heavy (non-hydrogen) atoms. The second-order valence-corrected chi connectivity index (χ2v) is 23.8. The van der Waals surface area contributed by atoms with Crippen molar-refractivity contribution in [2.45, 2.75) is 374 Å². The third-order valence-corrected chi connectivity index (χ3v) is 15.7. The number of esters is 3. The number of hydrogen-bond acceptors (Lipinski definition) is 6. The van der Waals surface area contributed by atoms with E-state index in [1.807, 2.05) is 0 Å². The van der Waals surface area contributed by atoms with Crippen LogP contribution >= 0.6 is 0 Å². The number of carbonyl (C=O) groups excluding carboxylic acids is 3. The van der Waals surface area contributed by atoms with Gasteiger partial charge in [-0.25, -0.2) is 0 Å². The summed E-state index contributed by atoms with van der Waals surface area (Å²) in [4.78, 5) is 38.4. The smallest absolute Gasteiger partial charge is 0.306 e. The maximum Gasteiger partial charge on any atom is 0.306 e. The Bertz CT molecular complexity index is 1490. The fourth-order valence-corrected chi connectivity index (χ4v) is 10.5. The molecule has 0 aromatic carbocycles. The molecule has 0 aliphatic carbocycles. The lowest BCUT2D eigenvalue weighted by atomic mass is 10.0. The molecule has 6 nitrogen and oxygen atoms in total. The highest BCUT2D eigenvalue weighted by Crippen LogP contribution is 2.18. The molecule has 470 valence electrons. The Morgan fingerprint density at radius 3 is 0.753 bits per heavy atom. The topological polar surface area (TPSA) is 78.9 Å². The number of rotatable bonds is 65. The van der Waals surface area contributed by atoms with Gasteiger partial charge in [-0.1, -0.05) is 351 Å². The van der Waals surface area contributed by atoms with Crippen LogP contribution in [0.3, 0.4) is 0 Å². The Labute approximate surface area is 503 Å². The van der Waals surface area contributed by atoms with Gasteiger partial charge in [0.15, 0.2) is 6.10 Å². The van der Waals surface area contributed by atoms with E-state index in [9.17, 15) is 14.4 Å². The van der Waals surface area contributed by atoms with Gasteiger partial charge in [0, 0.05) is 19.3 Å². The third kappa shape index (κ3) is 67.5. The average molecular weight is 1130 g/mol. The van der Waals surface area contributed by atoms with E-state index in [0.29, 0.717) is 19.3 Å². The Morgan fingerprint density at radius 1 is 0.259 bits per heavy atom. The zero-order chi connectivity index (χ0) is 58.5. The molecule has 0 aliphatic rings. The maximum absolute atomic E-state index is 12.9. The van der Waals surface area contributed by atoms with Crippen LogP contribution in [0.1, 0.15) is 367 Å². The van der Waals surface area contributed by atoms with E-state index in [0.717, 1.165) is 96.3 Å². The molecule has 0 radical (unpaired) electrons. The zero-order valence-corrected chi connectivity index (χ0v) is 54.1. The van der Waals surface area contributed by atoms with E-state index in [2.05, 4.69) is 93.7 Å². The molecule has 0 amide bonds. The van der Waals surface area contributed by atoms with Gasteiger partial charge < -0.3 is 14.2 Å². The molecule has 0 aromatic rings. The molecule has 6 heteroatoms. The molecule has 0 saturated carbocycles. The molecule has 0 fully saturated rings. The summed E-state index contributed by atoms with van der Waals surface area (Å²) in [6.45, 7) is 6.59. The number of ether oxygens (including phenoxy) is 3. The van der Waals surface area contributed by atoms with Crippen molar-refractivity contribution in [3.05, 3.63) is 72.9 Å². The zero-order valence-electron chi connectivity index (χ0n) is 54.1. The molecule has 0 spiro atoms. The van der Waals surface area contributed by atoms with Gasteiger partial charge in [0.2, 0.25) is 0 Å². The van der Waals surface area contributed by atoms with Gasteiger partial charge in [0.05, 0.1) is 0 Å². The fraction of sp³-hybridized carbons (Fsp3) is 0.800. The lowest BCUT2D eigenvalue weighted by molar-refractivity contribution is -0.167. The van der Waals surface area contributed by atoms with Gasteiger partial charge in [0.1, 0.15) is 13.2 Å². The summed E-state index contributed by atoms with van der Waals surface area (Å²) < 4.78 is 17.0. The number of unbranched alkanes of at least 4 members (excludes halogenated alkanes) is 42. The number of allylic oxidation sites excluding steroid dienone is 12. The molecule has 0 aliphatic heterocycles. The van der Waals surface area contributed by atoms with Gasteiger partial charge in [-0.15, -0.1) is 0 Å². The molecular formula is C75H134O6. The highest BCUT2D eigenvalue weighted by molar-refractivity contribution is 5.71. The molecule has 0 aromatic heterocycles. The van der Waals surface area contributed by atoms with Crippen LogP contribution in [0.15, 0.2) is 72.9 Å². The summed E-state index contributed by atoms with van der Waals surface area (Å²) in [5.74, 6) is -0.846. The summed E-state index contributed by atoms with van der Waals surface area (Å²) in [6.07, 6.45) is 90.7. The lowest BCUT2D eigenvalue weighted by Gasteiger charge is -2.18. The van der Waals surface area contributed by atoms with Crippen LogP contribution in [0.5, 0.6) is 0 Å². The van der Waals surface area contributed by atoms with E-state index >= 15 is 0 Å². The van der Waals surface area contributed by atoms with Crippen molar-refractivity contribution in [3.63, 3.8) is 0 Å². The van der Waals surface area contributed by atoms with Gasteiger partial charge >= 0.3 is 17.9 Å². The summed E-state index contributed by atoms with van der Waals surface area (Å²) in [6, 6.07) is 0. The average Bonchev–Trinajstić information content (AvgIpc) is 3.46. The minimum Gasteiger partial charge on any atom is -0.462 e. The summed E-state index contributed by atoms with van der Waals surface area (Å²) >= 11 is 0. The van der Waals surface area contributed by atoms with E-state index in [1.54, 1.807) is 0 Å². The molecule has 0 bridgehead atoms. The predicted molar refractivity (Wildman–Crippen MR) is 353 cm³/mol. The second-order valence-electron chi connectivity index (χ2n) is 23.8. The molecule has 1 atom stereocenters. The first-order chi connectivity index (χ1) is 40.0. The van der Waals surface area contributed by atoms with Crippen LogP contribution in [0.25, 0.3) is 0 Å². The van der Waals surface area contributed by atoms with Crippen LogP contribution in [-0.2, 0) is 28.6 Å². The molecular weight excluding hydrogens is 997 g/mol. The standard InChI is InChI=1S/C75H134O6/c1-4-7-10-13-16-19-22-25-27-29-31-32-33-34-35-36-37-38-39-40-41-42-44-45-47-50-53-56-59-62-65-68-74(77)80-71-72(70-79-73(76)67-64-61-58-55-52-49-24-21-18-15-12-9-6-3)81-75(78)69-66-63-60-57-54-51-48-46-43-30-28-26-23-20-17-14-11-8-5-2/h7,10,16,19,25,27,31-32,34-35,37-38,72H,4-6,8-9,11-15,17-18,20-24,26,28-30,33,36,39-71H2,1-3H3/b10-7-,19-16-,27-25-,32-31-,35-34-,38-37-. The maximum atomic E-state index is 12.9. The fourth-order valence-electron chi connectivity index (χ4n) is 10.5. The molecule has 0 heterocycles. The van der Waals surface area contributed by atoms with Gasteiger partial charge in [-0.3, -0.25) is 14.4 Å². The Balaban J connectivity index is 4.22. The quantitative estimate of drug-likeness (QED) is 0.0261. The Morgan fingerprint density at radius 2 is 0.481 bits per heavy atom. The van der Waals surface area contributed by atoms with Crippen LogP contribution < -0.4 is 0 Å². The molecule has 1 unspecified atom stereocenters. The minimum atomic E-state index is -0.772. The van der Waals surface area contributed by atoms with Crippen molar-refractivity contribution in [1.82, 2.24) is 0 Å². The van der Waals surface area contributed by atoms with Crippen LogP contribution in [0.4, 0.5) is 0 Å². The SMILES string of the molecule is CC/C=C\C/C=C\C/C=C\C/C=C\C/C=C\C/C=C\CCCCCCCCCCCCCCC(=O)OCC(COC(=O)CCCCCCCCCCCCCCC)OC(=O)CCCCCCCCCCCCCCCCCCCCC. The third-order valence-electron chi connectivity index (χ3n) is 15.7. The van der Waals surface area contributed by atoms with Gasteiger partial charge in [-0.05, 0) is 70.6 Å². The van der Waals surface area contributed by atoms with Crippen molar-refractivity contribution in [3.8, 4) is 0 Å². The Hall–Kier alpha value is -3.15. The van der Waals surface area contributed by atoms with Gasteiger partial charge in [0.25, 0.3) is 0 Å². The van der Waals surface area contributed by atoms with Crippen molar-refractivity contribution >= 4 is 17.9 Å². The summed E-state index contributed by atoms with van der Waals surface area (Å²) in [7, 11) is 0. The highest BCUT2D eigenvalue weighted by Gasteiger charge is 2.19. The van der Waals surface area contributed by atoms with Crippen LogP contribution in [0, 0.1) is 0 Å². The monoisotopic (exact) mass is 1130 g/mol. The largest absolute Gasteiger partial charge is 0.462 e. The minimum absolute atomic E-state index is 0.0689. The predicted octanol–water partition coefficient (Wildman–Crippen LogP) is 24.4. The van der Waals surface area contributed by atoms with Crippen molar-refractivity contribution in [1.29, 1.82) is 0 Å². The first-order valence-corrected chi connectivity index (χ1v) is 35.4. The molecule has 0 N–H and O–H groups in total. The summed E-state index contributed by atoms with van der Waals surface area (Å²) in [5.41, 5.74) is 0. The van der Waals surface area contributed by atoms with Crippen LogP contribution in [-0.4, -0.2) is 37.2 Å². The van der Waals surface area contributed by atoms with E-state index in [-0.39, 0.29) is 31.1 Å². The Kier molecular flexibility index (Phi) is 66.6. The van der Waals surface area contributed by atoms with Crippen molar-refractivity contribution in [2.24, 2.45) is 0 Å². The molecule has 0 rings (SSSR count). The normalized spacial score (nSPS) is 12.5.